The highest BCUT2D eigenvalue weighted by Crippen LogP contribution is 2.39. The lowest BCUT2D eigenvalue weighted by Crippen LogP contribution is -2.37. The third kappa shape index (κ3) is 3.17. The molecule has 2 heteroatoms. The molecule has 0 radical (unpaired) electrons. The Morgan fingerprint density at radius 3 is 2.38 bits per heavy atom. The fraction of sp³-hybridized carbons (Fsp3) is 0.684. The first-order chi connectivity index (χ1) is 10.1. The van der Waals surface area contributed by atoms with E-state index >= 15 is 0 Å². The molecule has 21 heavy (non-hydrogen) atoms. The first-order valence-electron chi connectivity index (χ1n) is 8.50. The van der Waals surface area contributed by atoms with Crippen LogP contribution in [0, 0.1) is 26.2 Å². The van der Waals surface area contributed by atoms with Gasteiger partial charge in [-0.2, -0.15) is 0 Å². The zero-order valence-electron chi connectivity index (χ0n) is 13.8. The smallest absolute Gasteiger partial charge is 0.0954 e. The minimum Gasteiger partial charge on any atom is -0.372 e. The van der Waals surface area contributed by atoms with Gasteiger partial charge in [0.25, 0.3) is 0 Å². The van der Waals surface area contributed by atoms with Crippen LogP contribution in [0.4, 0.5) is 0 Å². The second-order valence-corrected chi connectivity index (χ2v) is 7.30. The molecule has 2 aliphatic rings. The first-order valence-corrected chi connectivity index (χ1v) is 8.50. The SMILES string of the molecule is Cc1cc(C)c(C2CNCC3(CCCCC3)CO2)c(C)c1. The summed E-state index contributed by atoms with van der Waals surface area (Å²) in [4.78, 5) is 0. The number of benzene rings is 1. The summed E-state index contributed by atoms with van der Waals surface area (Å²) in [6.45, 7) is 9.63. The number of hydrogen-bond donors (Lipinski definition) is 1. The van der Waals surface area contributed by atoms with Gasteiger partial charge in [0.2, 0.25) is 0 Å². The Labute approximate surface area is 129 Å². The summed E-state index contributed by atoms with van der Waals surface area (Å²) >= 11 is 0. The van der Waals surface area contributed by atoms with Gasteiger partial charge < -0.3 is 10.1 Å². The van der Waals surface area contributed by atoms with Crippen LogP contribution in [0.5, 0.6) is 0 Å². The summed E-state index contributed by atoms with van der Waals surface area (Å²) in [7, 11) is 0. The predicted molar refractivity (Wildman–Crippen MR) is 87.7 cm³/mol. The predicted octanol–water partition coefficient (Wildman–Crippen LogP) is 4.22. The van der Waals surface area contributed by atoms with E-state index in [9.17, 15) is 0 Å². The summed E-state index contributed by atoms with van der Waals surface area (Å²) in [5.41, 5.74) is 5.90. The lowest BCUT2D eigenvalue weighted by Gasteiger charge is -2.35. The number of nitrogens with one attached hydrogen (secondary N) is 1. The maximum absolute atomic E-state index is 6.42. The van der Waals surface area contributed by atoms with E-state index in [1.165, 1.54) is 54.4 Å². The van der Waals surface area contributed by atoms with E-state index in [1.807, 2.05) is 0 Å². The quantitative estimate of drug-likeness (QED) is 0.835. The highest BCUT2D eigenvalue weighted by molar-refractivity contribution is 5.39. The van der Waals surface area contributed by atoms with Gasteiger partial charge in [0.15, 0.2) is 0 Å². The first kappa shape index (κ1) is 15.1. The fourth-order valence-electron chi connectivity index (χ4n) is 4.36. The molecule has 2 fully saturated rings. The van der Waals surface area contributed by atoms with Gasteiger partial charge in [0.1, 0.15) is 0 Å². The summed E-state index contributed by atoms with van der Waals surface area (Å²) in [6, 6.07) is 4.57. The minimum atomic E-state index is 0.215. The van der Waals surface area contributed by atoms with Crippen LogP contribution in [0.15, 0.2) is 12.1 Å². The molecule has 1 aromatic rings. The van der Waals surface area contributed by atoms with Crippen LogP contribution in [0.2, 0.25) is 0 Å². The van der Waals surface area contributed by atoms with Gasteiger partial charge in [-0.25, -0.2) is 0 Å². The van der Waals surface area contributed by atoms with E-state index < -0.39 is 0 Å². The maximum atomic E-state index is 6.42. The van der Waals surface area contributed by atoms with Crippen molar-refractivity contribution < 1.29 is 4.74 Å². The highest BCUT2D eigenvalue weighted by atomic mass is 16.5. The Morgan fingerprint density at radius 2 is 1.71 bits per heavy atom. The number of hydrogen-bond acceptors (Lipinski definition) is 2. The molecule has 0 bridgehead atoms. The molecule has 2 nitrogen and oxygen atoms in total. The summed E-state index contributed by atoms with van der Waals surface area (Å²) in [5.74, 6) is 0. The summed E-state index contributed by atoms with van der Waals surface area (Å²) in [5, 5.41) is 3.70. The lowest BCUT2D eigenvalue weighted by atomic mass is 9.74. The van der Waals surface area contributed by atoms with Crippen LogP contribution in [0.25, 0.3) is 0 Å². The molecular formula is C19H29NO. The largest absolute Gasteiger partial charge is 0.372 e. The molecular weight excluding hydrogens is 258 g/mol. The summed E-state index contributed by atoms with van der Waals surface area (Å²) < 4.78 is 6.42. The third-order valence-corrected chi connectivity index (χ3v) is 5.39. The van der Waals surface area contributed by atoms with Gasteiger partial charge in [-0.05, 0) is 50.3 Å². The van der Waals surface area contributed by atoms with Gasteiger partial charge >= 0.3 is 0 Å². The van der Waals surface area contributed by atoms with Crippen LogP contribution in [0.1, 0.15) is 60.5 Å². The molecule has 0 amide bonds. The molecule has 1 atom stereocenters. The molecule has 1 heterocycles. The zero-order valence-corrected chi connectivity index (χ0v) is 13.8. The normalized spacial score (nSPS) is 25.8. The van der Waals surface area contributed by atoms with Crippen LogP contribution >= 0.6 is 0 Å². The molecule has 1 aliphatic heterocycles. The standard InChI is InChI=1S/C19H29NO/c1-14-9-15(2)18(16(3)10-14)17-11-20-12-19(13-21-17)7-5-4-6-8-19/h9-10,17,20H,4-8,11-13H2,1-3H3. The van der Waals surface area contributed by atoms with E-state index in [2.05, 4.69) is 38.2 Å². The Kier molecular flexibility index (Phi) is 4.37. The molecule has 3 rings (SSSR count). The topological polar surface area (TPSA) is 21.3 Å². The molecule has 0 aromatic heterocycles. The molecule has 1 saturated carbocycles. The van der Waals surface area contributed by atoms with Crippen LogP contribution in [-0.2, 0) is 4.74 Å². The third-order valence-electron chi connectivity index (χ3n) is 5.39. The van der Waals surface area contributed by atoms with E-state index in [-0.39, 0.29) is 6.10 Å². The monoisotopic (exact) mass is 287 g/mol. The van der Waals surface area contributed by atoms with Crippen molar-refractivity contribution in [1.29, 1.82) is 0 Å². The molecule has 1 aliphatic carbocycles. The van der Waals surface area contributed by atoms with E-state index in [4.69, 9.17) is 4.74 Å². The van der Waals surface area contributed by atoms with Gasteiger partial charge in [0.05, 0.1) is 12.7 Å². The van der Waals surface area contributed by atoms with Gasteiger partial charge in [-0.1, -0.05) is 37.0 Å². The second-order valence-electron chi connectivity index (χ2n) is 7.30. The Hall–Kier alpha value is -0.860. The highest BCUT2D eigenvalue weighted by Gasteiger charge is 2.35. The van der Waals surface area contributed by atoms with Crippen molar-refractivity contribution in [3.8, 4) is 0 Å². The zero-order chi connectivity index (χ0) is 14.9. The van der Waals surface area contributed by atoms with Crippen LogP contribution in [-0.4, -0.2) is 19.7 Å². The average molecular weight is 287 g/mol. The molecule has 1 aromatic carbocycles. The van der Waals surface area contributed by atoms with Gasteiger partial charge in [-0.3, -0.25) is 0 Å². The van der Waals surface area contributed by atoms with Crippen molar-refractivity contribution in [3.05, 3.63) is 34.4 Å². The molecule has 116 valence electrons. The van der Waals surface area contributed by atoms with E-state index in [0.717, 1.165) is 19.7 Å². The molecule has 1 N–H and O–H groups in total. The minimum absolute atomic E-state index is 0.215. The Bertz CT molecular complexity index is 479. The van der Waals surface area contributed by atoms with Crippen molar-refractivity contribution in [3.63, 3.8) is 0 Å². The second kappa shape index (κ2) is 6.10. The Morgan fingerprint density at radius 1 is 1.05 bits per heavy atom. The maximum Gasteiger partial charge on any atom is 0.0954 e. The Balaban J connectivity index is 1.79. The van der Waals surface area contributed by atoms with Gasteiger partial charge in [-0.15, -0.1) is 0 Å². The van der Waals surface area contributed by atoms with Crippen LogP contribution < -0.4 is 5.32 Å². The fourth-order valence-corrected chi connectivity index (χ4v) is 4.36. The average Bonchev–Trinajstić information content (AvgIpc) is 2.62. The summed E-state index contributed by atoms with van der Waals surface area (Å²) in [6.07, 6.45) is 7.03. The molecule has 1 unspecified atom stereocenters. The van der Waals surface area contributed by atoms with Crippen molar-refractivity contribution >= 4 is 0 Å². The van der Waals surface area contributed by atoms with E-state index in [0.29, 0.717) is 5.41 Å². The number of rotatable bonds is 1. The number of aryl methyl sites for hydroxylation is 3. The van der Waals surface area contributed by atoms with Crippen molar-refractivity contribution in [2.24, 2.45) is 5.41 Å². The molecule has 1 spiro atoms. The van der Waals surface area contributed by atoms with Crippen LogP contribution in [0.3, 0.4) is 0 Å². The van der Waals surface area contributed by atoms with E-state index in [1.54, 1.807) is 0 Å². The molecule has 1 saturated heterocycles. The number of ether oxygens (including phenoxy) is 1. The van der Waals surface area contributed by atoms with Crippen molar-refractivity contribution in [2.45, 2.75) is 59.0 Å². The lowest BCUT2D eigenvalue weighted by molar-refractivity contribution is -0.00188. The van der Waals surface area contributed by atoms with Crippen molar-refractivity contribution in [2.75, 3.05) is 19.7 Å². The van der Waals surface area contributed by atoms with Crippen molar-refractivity contribution in [1.82, 2.24) is 5.32 Å². The van der Waals surface area contributed by atoms with Gasteiger partial charge in [0, 0.05) is 18.5 Å².